The smallest absolute Gasteiger partial charge is 0.143 e. The fourth-order valence-electron chi connectivity index (χ4n) is 22.4. The fraction of sp³-hybridized carbons (Fsp3) is 0.188. The van der Waals surface area contributed by atoms with Gasteiger partial charge in [-0.2, -0.15) is 0 Å². The molecule has 132 heavy (non-hydrogen) atoms. The molecule has 24 aromatic rings. The van der Waals surface area contributed by atoms with Crippen LogP contribution in [0.15, 0.2) is 309 Å². The lowest BCUT2D eigenvalue weighted by Crippen LogP contribution is -2.10. The van der Waals surface area contributed by atoms with Crippen LogP contribution in [0.5, 0.6) is 0 Å². The lowest BCUT2D eigenvalue weighted by Gasteiger charge is -2.21. The molecule has 0 saturated carbocycles. The van der Waals surface area contributed by atoms with Crippen LogP contribution in [0.25, 0.3) is 241 Å². The molecule has 4 nitrogen and oxygen atoms in total. The molecule has 0 atom stereocenters. The SMILES string of the molecule is Cc1cccc(C)c1-c1ccc2c(c1)oc1c2cc2c(-c3ccc(C(C)(C)C)cc3)cc3c4oc5cc(-c6c(C)cccc6C)ccc5c4cc4c(-c5ccc(C(C)(C)C)cc5)cc1c2c43.Cc1cccc(C)c1-c1ccc2c(c1)oc1c2cc2cc(-c3ccc(C(C)(C)C)cc3)c3c4oc5cc(-c6c(C)cccc6C)ccc5c4cc4cc(-c5ccc(C(C)(C)C)cc5)c1c2c43. The van der Waals surface area contributed by atoms with Crippen molar-refractivity contribution in [1.29, 1.82) is 0 Å². The average molecular weight is 1710 g/mol. The Bertz CT molecular complexity index is 8320. The van der Waals surface area contributed by atoms with Gasteiger partial charge in [0.25, 0.3) is 0 Å². The second kappa shape index (κ2) is 29.6. The Morgan fingerprint density at radius 3 is 0.644 bits per heavy atom. The topological polar surface area (TPSA) is 52.6 Å². The summed E-state index contributed by atoms with van der Waals surface area (Å²) >= 11 is 0. The van der Waals surface area contributed by atoms with Crippen molar-refractivity contribution in [2.45, 2.75) is 160 Å². The Labute approximate surface area is 771 Å². The molecule has 0 N–H and O–H groups in total. The summed E-state index contributed by atoms with van der Waals surface area (Å²) in [6, 6.07) is 110. The average Bonchev–Trinajstić information content (AvgIpc) is 1.32. The fourth-order valence-corrected chi connectivity index (χ4v) is 22.4. The van der Waals surface area contributed by atoms with Gasteiger partial charge in [-0.15, -0.1) is 0 Å². The summed E-state index contributed by atoms with van der Waals surface area (Å²) in [5, 5.41) is 23.1. The minimum absolute atomic E-state index is 0.0318. The second-order valence-corrected chi connectivity index (χ2v) is 42.2. The standard InChI is InChI=1S/2C64H54O2/c1-35-13-11-14-36(2)55(35)41-21-27-47-51-31-43-29-50(40-19-25-46(26-20-40)64(8,9)10)60-58-44(32-52-48-28-22-42(34-54(48)66-62(52)60)56-37(3)15-12-16-38(56)4)30-49(39-17-23-45(24-18-39)63(5,6)7)59(57(43)58)61(51)65-53(47)33-41;1-35-13-11-14-36(2)57(35)41-21-27-45-51-33-49-48(40-19-25-44(26-20-40)64(8,9)10)32-54-60-50(34-52-46-28-22-42(30-56(46)66-62(52)54)58-37(3)15-12-16-38(58)4)47(39-17-23-43(24-18-39)63(5,6)7)31-53(59(49)60)61(51)65-55(45)29-41/h2*11-34H,1-10H3. The molecule has 644 valence electrons. The maximum absolute atomic E-state index is 7.24. The normalized spacial score (nSPS) is 12.7. The molecule has 20 aromatic carbocycles. The highest BCUT2D eigenvalue weighted by molar-refractivity contribution is 6.41. The van der Waals surface area contributed by atoms with Gasteiger partial charge in [0.15, 0.2) is 0 Å². The Kier molecular flexibility index (Phi) is 18.4. The molecule has 0 bridgehead atoms. The molecule has 0 spiro atoms. The third-order valence-corrected chi connectivity index (χ3v) is 29.3. The van der Waals surface area contributed by atoms with Crippen molar-refractivity contribution in [3.63, 3.8) is 0 Å². The summed E-state index contributed by atoms with van der Waals surface area (Å²) in [4.78, 5) is 0. The van der Waals surface area contributed by atoms with Gasteiger partial charge in [0.1, 0.15) is 44.7 Å². The summed E-state index contributed by atoms with van der Waals surface area (Å²) in [6.07, 6.45) is 0. The number of rotatable bonds is 8. The van der Waals surface area contributed by atoms with Crippen LogP contribution in [-0.4, -0.2) is 0 Å². The van der Waals surface area contributed by atoms with E-state index in [2.05, 4.69) is 430 Å². The van der Waals surface area contributed by atoms with E-state index in [1.807, 2.05) is 0 Å². The van der Waals surface area contributed by atoms with E-state index in [9.17, 15) is 0 Å². The summed E-state index contributed by atoms with van der Waals surface area (Å²) in [5.41, 5.74) is 41.8. The van der Waals surface area contributed by atoms with Crippen LogP contribution in [0, 0.1) is 55.4 Å². The zero-order valence-electron chi connectivity index (χ0n) is 79.3. The second-order valence-electron chi connectivity index (χ2n) is 42.2. The molecule has 0 fully saturated rings. The van der Waals surface area contributed by atoms with Crippen molar-refractivity contribution < 1.29 is 17.7 Å². The number of furan rings is 4. The summed E-state index contributed by atoms with van der Waals surface area (Å²) in [7, 11) is 0. The van der Waals surface area contributed by atoms with Crippen molar-refractivity contribution in [1.82, 2.24) is 0 Å². The first kappa shape index (κ1) is 82.1. The van der Waals surface area contributed by atoms with Crippen LogP contribution in [0.3, 0.4) is 0 Å². The molecule has 4 aromatic heterocycles. The van der Waals surface area contributed by atoms with E-state index < -0.39 is 0 Å². The van der Waals surface area contributed by atoms with Gasteiger partial charge < -0.3 is 17.7 Å². The molecular weight excluding hydrogens is 1600 g/mol. The van der Waals surface area contributed by atoms with Gasteiger partial charge in [0, 0.05) is 86.2 Å². The molecule has 4 heterocycles. The highest BCUT2D eigenvalue weighted by Crippen LogP contribution is 2.56. The van der Waals surface area contributed by atoms with Gasteiger partial charge in [-0.25, -0.2) is 0 Å². The van der Waals surface area contributed by atoms with E-state index in [1.54, 1.807) is 0 Å². The molecule has 0 aliphatic rings. The molecule has 0 aliphatic heterocycles. The molecular formula is C128H108O4. The van der Waals surface area contributed by atoms with Crippen molar-refractivity contribution >= 4 is 152 Å². The largest absolute Gasteiger partial charge is 0.455 e. The third kappa shape index (κ3) is 13.0. The first-order valence-corrected chi connectivity index (χ1v) is 47.0. The molecule has 0 saturated heterocycles. The number of benzene rings is 20. The predicted octanol–water partition coefficient (Wildman–Crippen LogP) is 37.8. The van der Waals surface area contributed by atoms with E-state index in [-0.39, 0.29) is 21.7 Å². The zero-order chi connectivity index (χ0) is 91.1. The van der Waals surface area contributed by atoms with Crippen LogP contribution in [0.1, 0.15) is 150 Å². The maximum Gasteiger partial charge on any atom is 0.143 e. The predicted molar refractivity (Wildman–Crippen MR) is 566 cm³/mol. The summed E-state index contributed by atoms with van der Waals surface area (Å²) in [5.74, 6) is 0. The quantitative estimate of drug-likeness (QED) is 0.142. The minimum Gasteiger partial charge on any atom is -0.455 e. The van der Waals surface area contributed by atoms with Crippen LogP contribution < -0.4 is 0 Å². The highest BCUT2D eigenvalue weighted by Gasteiger charge is 2.31. The number of fused-ring (bicyclic) bond motifs is 16. The Hall–Kier alpha value is -14.3. The van der Waals surface area contributed by atoms with Gasteiger partial charge in [0.05, 0.1) is 0 Å². The van der Waals surface area contributed by atoms with Gasteiger partial charge in [-0.1, -0.05) is 277 Å². The maximum atomic E-state index is 7.24. The van der Waals surface area contributed by atoms with Crippen molar-refractivity contribution in [3.8, 4) is 89.0 Å². The molecule has 0 aliphatic carbocycles. The molecule has 24 rings (SSSR count). The molecule has 4 heteroatoms. The van der Waals surface area contributed by atoms with E-state index in [1.165, 1.54) is 199 Å². The monoisotopic (exact) mass is 1710 g/mol. The van der Waals surface area contributed by atoms with Crippen LogP contribution in [0.4, 0.5) is 0 Å². The highest BCUT2D eigenvalue weighted by atomic mass is 16.3. The first-order valence-electron chi connectivity index (χ1n) is 47.0. The van der Waals surface area contributed by atoms with E-state index in [0.717, 1.165) is 109 Å². The van der Waals surface area contributed by atoms with Gasteiger partial charge >= 0.3 is 0 Å². The molecule has 0 radical (unpaired) electrons. The number of hydrogen-bond donors (Lipinski definition) is 0. The number of aryl methyl sites for hydroxylation is 8. The van der Waals surface area contributed by atoms with Gasteiger partial charge in [0.2, 0.25) is 0 Å². The minimum atomic E-state index is 0.0318. The Morgan fingerprint density at radius 1 is 0.167 bits per heavy atom. The summed E-state index contributed by atoms with van der Waals surface area (Å²) < 4.78 is 28.9. The lowest BCUT2D eigenvalue weighted by atomic mass is 9.82. The molecule has 0 unspecified atom stereocenters. The third-order valence-electron chi connectivity index (χ3n) is 29.3. The summed E-state index contributed by atoms with van der Waals surface area (Å²) in [6.45, 7) is 45.0. The van der Waals surface area contributed by atoms with Crippen LogP contribution in [-0.2, 0) is 21.7 Å². The Balaban J connectivity index is 0.000000150. The Morgan fingerprint density at radius 2 is 0.394 bits per heavy atom. The van der Waals surface area contributed by atoms with Crippen molar-refractivity contribution in [2.75, 3.05) is 0 Å². The zero-order valence-corrected chi connectivity index (χ0v) is 79.3. The molecule has 0 amide bonds. The van der Waals surface area contributed by atoms with Crippen LogP contribution in [0.2, 0.25) is 0 Å². The van der Waals surface area contributed by atoms with Gasteiger partial charge in [-0.05, 0) is 351 Å². The van der Waals surface area contributed by atoms with E-state index in [4.69, 9.17) is 17.7 Å². The van der Waals surface area contributed by atoms with E-state index >= 15 is 0 Å². The van der Waals surface area contributed by atoms with Crippen molar-refractivity contribution in [3.05, 3.63) is 358 Å². The van der Waals surface area contributed by atoms with Crippen molar-refractivity contribution in [2.24, 2.45) is 0 Å². The number of hydrogen-bond acceptors (Lipinski definition) is 4. The first-order chi connectivity index (χ1) is 63.2. The van der Waals surface area contributed by atoms with Crippen LogP contribution >= 0.6 is 0 Å². The lowest BCUT2D eigenvalue weighted by molar-refractivity contribution is 0.590. The van der Waals surface area contributed by atoms with Gasteiger partial charge in [-0.3, -0.25) is 0 Å². The van der Waals surface area contributed by atoms with E-state index in [0.29, 0.717) is 0 Å².